The lowest BCUT2D eigenvalue weighted by Crippen LogP contribution is -2.21. The van der Waals surface area contributed by atoms with Gasteiger partial charge in [-0.2, -0.15) is 4.98 Å². The fourth-order valence-corrected chi connectivity index (χ4v) is 3.35. The molecular weight excluding hydrogens is 303 g/mol. The van der Waals surface area contributed by atoms with Crippen LogP contribution in [0.2, 0.25) is 10.2 Å². The maximum atomic E-state index is 12.1. The number of fused-ring (bicyclic) bond motifs is 1. The summed E-state index contributed by atoms with van der Waals surface area (Å²) in [7, 11) is 0. The molecule has 0 atom stereocenters. The predicted molar refractivity (Wildman–Crippen MR) is 80.0 cm³/mol. The van der Waals surface area contributed by atoms with Crippen LogP contribution in [0.5, 0.6) is 0 Å². The van der Waals surface area contributed by atoms with E-state index in [1.165, 1.54) is 15.9 Å². The molecule has 3 nitrogen and oxygen atoms in total. The smallest absolute Gasteiger partial charge is 0.258 e. The van der Waals surface area contributed by atoms with Crippen molar-refractivity contribution in [1.29, 1.82) is 0 Å². The van der Waals surface area contributed by atoms with Crippen molar-refractivity contribution in [2.75, 3.05) is 0 Å². The molecule has 0 spiro atoms. The molecule has 0 radical (unpaired) electrons. The highest BCUT2D eigenvalue weighted by atomic mass is 35.5. The first-order valence-corrected chi connectivity index (χ1v) is 7.09. The Labute approximate surface area is 123 Å². The van der Waals surface area contributed by atoms with Crippen molar-refractivity contribution < 1.29 is 0 Å². The zero-order valence-electron chi connectivity index (χ0n) is 9.85. The van der Waals surface area contributed by atoms with Gasteiger partial charge in [-0.1, -0.05) is 35.3 Å². The number of hydrogen-bond acceptors (Lipinski definition) is 3. The van der Waals surface area contributed by atoms with Crippen molar-refractivity contribution in [3.05, 3.63) is 55.9 Å². The minimum Gasteiger partial charge on any atom is -0.258 e. The van der Waals surface area contributed by atoms with Crippen LogP contribution < -0.4 is 5.69 Å². The molecule has 1 aromatic carbocycles. The fourth-order valence-electron chi connectivity index (χ4n) is 1.97. The molecular formula is C13H8Cl2N2OS. The number of thiophene rings is 1. The number of para-hydroxylation sites is 1. The van der Waals surface area contributed by atoms with Gasteiger partial charge in [0.05, 0.1) is 20.9 Å². The molecule has 0 unspecified atom stereocenters. The second kappa shape index (κ2) is 4.63. The predicted octanol–water partition coefficient (Wildman–Crippen LogP) is 4.06. The summed E-state index contributed by atoms with van der Waals surface area (Å²) in [5, 5.41) is 0.736. The third-order valence-electron chi connectivity index (χ3n) is 2.74. The number of benzene rings is 1. The Bertz CT molecular complexity index is 838. The first kappa shape index (κ1) is 12.7. The van der Waals surface area contributed by atoms with Crippen molar-refractivity contribution >= 4 is 44.8 Å². The van der Waals surface area contributed by atoms with Crippen LogP contribution in [-0.4, -0.2) is 9.55 Å². The fraction of sp³-hybridized carbons (Fsp3) is 0.0769. The van der Waals surface area contributed by atoms with Gasteiger partial charge in [0.15, 0.2) is 5.15 Å². The van der Waals surface area contributed by atoms with Gasteiger partial charge in [0.25, 0.3) is 0 Å². The summed E-state index contributed by atoms with van der Waals surface area (Å²) in [5.74, 6) is 0. The van der Waals surface area contributed by atoms with Crippen LogP contribution in [0.1, 0.15) is 4.88 Å². The molecule has 19 heavy (non-hydrogen) atoms. The quantitative estimate of drug-likeness (QED) is 0.635. The third-order valence-corrected chi connectivity index (χ3v) is 4.49. The highest BCUT2D eigenvalue weighted by Crippen LogP contribution is 2.31. The molecule has 0 saturated carbocycles. The van der Waals surface area contributed by atoms with Crippen molar-refractivity contribution in [3.8, 4) is 5.69 Å². The Morgan fingerprint density at radius 3 is 2.74 bits per heavy atom. The molecule has 2 aromatic heterocycles. The van der Waals surface area contributed by atoms with E-state index in [4.69, 9.17) is 23.2 Å². The molecule has 0 aliphatic rings. The van der Waals surface area contributed by atoms with Gasteiger partial charge < -0.3 is 0 Å². The number of aryl methyl sites for hydroxylation is 1. The first-order valence-electron chi connectivity index (χ1n) is 5.51. The van der Waals surface area contributed by atoms with Crippen LogP contribution in [-0.2, 0) is 0 Å². The van der Waals surface area contributed by atoms with Gasteiger partial charge in [-0.25, -0.2) is 4.79 Å². The van der Waals surface area contributed by atoms with Crippen molar-refractivity contribution in [3.63, 3.8) is 0 Å². The number of nitrogens with zero attached hydrogens (tertiary/aromatic N) is 2. The van der Waals surface area contributed by atoms with E-state index in [2.05, 4.69) is 4.98 Å². The summed E-state index contributed by atoms with van der Waals surface area (Å²) in [4.78, 5) is 17.0. The Balaban J connectivity index is 2.48. The van der Waals surface area contributed by atoms with E-state index in [9.17, 15) is 4.79 Å². The second-order valence-corrected chi connectivity index (χ2v) is 6.06. The van der Waals surface area contributed by atoms with E-state index >= 15 is 0 Å². The molecule has 0 aliphatic heterocycles. The summed E-state index contributed by atoms with van der Waals surface area (Å²) in [6.07, 6.45) is 0. The minimum atomic E-state index is -0.427. The normalized spacial score (nSPS) is 11.1. The molecule has 0 saturated heterocycles. The summed E-state index contributed by atoms with van der Waals surface area (Å²) in [5.41, 5.74) is 0.921. The molecule has 0 fully saturated rings. The monoisotopic (exact) mass is 310 g/mol. The third kappa shape index (κ3) is 2.06. The topological polar surface area (TPSA) is 34.9 Å². The Kier molecular flexibility index (Phi) is 3.09. The average Bonchev–Trinajstić information content (AvgIpc) is 2.73. The van der Waals surface area contributed by atoms with Crippen molar-refractivity contribution in [2.24, 2.45) is 0 Å². The van der Waals surface area contributed by atoms with Gasteiger partial charge in [0.2, 0.25) is 0 Å². The summed E-state index contributed by atoms with van der Waals surface area (Å²) in [6.45, 7) is 1.96. The SMILES string of the molecule is Cc1cc2c(s1)c(Cl)nc(=O)n2-c1ccccc1Cl. The molecule has 2 heterocycles. The van der Waals surface area contributed by atoms with Crippen LogP contribution in [0.25, 0.3) is 15.9 Å². The summed E-state index contributed by atoms with van der Waals surface area (Å²) < 4.78 is 2.28. The van der Waals surface area contributed by atoms with Gasteiger partial charge in [0.1, 0.15) is 0 Å². The number of aromatic nitrogens is 2. The van der Waals surface area contributed by atoms with Crippen LogP contribution in [0.3, 0.4) is 0 Å². The van der Waals surface area contributed by atoms with E-state index in [0.29, 0.717) is 10.7 Å². The molecule has 3 rings (SSSR count). The second-order valence-electron chi connectivity index (χ2n) is 4.04. The highest BCUT2D eigenvalue weighted by Gasteiger charge is 2.14. The summed E-state index contributed by atoms with van der Waals surface area (Å²) in [6, 6.07) is 9.08. The van der Waals surface area contributed by atoms with E-state index in [-0.39, 0.29) is 5.15 Å². The van der Waals surface area contributed by atoms with E-state index in [1.807, 2.05) is 25.1 Å². The lowest BCUT2D eigenvalue weighted by atomic mass is 10.3. The Hall–Kier alpha value is -1.36. The lowest BCUT2D eigenvalue weighted by Gasteiger charge is -2.09. The molecule has 0 bridgehead atoms. The molecule has 0 amide bonds. The highest BCUT2D eigenvalue weighted by molar-refractivity contribution is 7.19. The molecule has 96 valence electrons. The minimum absolute atomic E-state index is 0.237. The van der Waals surface area contributed by atoms with Gasteiger partial charge in [0, 0.05) is 4.88 Å². The maximum Gasteiger partial charge on any atom is 0.354 e. The van der Waals surface area contributed by atoms with Crippen LogP contribution >= 0.6 is 34.5 Å². The zero-order valence-corrected chi connectivity index (χ0v) is 12.2. The van der Waals surface area contributed by atoms with E-state index in [0.717, 1.165) is 15.1 Å². The maximum absolute atomic E-state index is 12.1. The van der Waals surface area contributed by atoms with Gasteiger partial charge >= 0.3 is 5.69 Å². The van der Waals surface area contributed by atoms with Gasteiger partial charge in [-0.05, 0) is 25.1 Å². The molecule has 0 aliphatic carbocycles. The molecule has 6 heteroatoms. The van der Waals surface area contributed by atoms with Crippen LogP contribution in [0.15, 0.2) is 35.1 Å². The van der Waals surface area contributed by atoms with Crippen LogP contribution in [0.4, 0.5) is 0 Å². The molecule has 0 N–H and O–H groups in total. The lowest BCUT2D eigenvalue weighted by molar-refractivity contribution is 0.963. The Morgan fingerprint density at radius 1 is 1.26 bits per heavy atom. The Morgan fingerprint density at radius 2 is 2.00 bits per heavy atom. The van der Waals surface area contributed by atoms with Gasteiger partial charge in [-0.3, -0.25) is 4.57 Å². The number of halogens is 2. The van der Waals surface area contributed by atoms with Crippen molar-refractivity contribution in [2.45, 2.75) is 6.92 Å². The van der Waals surface area contributed by atoms with Gasteiger partial charge in [-0.15, -0.1) is 11.3 Å². The van der Waals surface area contributed by atoms with E-state index < -0.39 is 5.69 Å². The van der Waals surface area contributed by atoms with Crippen LogP contribution in [0, 0.1) is 6.92 Å². The number of rotatable bonds is 1. The number of hydrogen-bond donors (Lipinski definition) is 0. The average molecular weight is 311 g/mol. The first-order chi connectivity index (χ1) is 9.08. The largest absolute Gasteiger partial charge is 0.354 e. The summed E-state index contributed by atoms with van der Waals surface area (Å²) >= 11 is 13.7. The zero-order chi connectivity index (χ0) is 13.6. The van der Waals surface area contributed by atoms with Crippen molar-refractivity contribution in [1.82, 2.24) is 9.55 Å². The van der Waals surface area contributed by atoms with E-state index in [1.54, 1.807) is 12.1 Å². The standard InChI is InChI=1S/C13H8Cl2N2OS/c1-7-6-10-11(19-7)12(15)16-13(18)17(10)9-5-3-2-4-8(9)14/h2-6H,1H3. The molecule has 3 aromatic rings.